The van der Waals surface area contributed by atoms with Gasteiger partial charge < -0.3 is 5.32 Å². The smallest absolute Gasteiger partial charge is 0.216 e. The Hall–Kier alpha value is -1.18. The molecule has 4 nitrogen and oxygen atoms in total. The molecule has 2 rings (SSSR count). The van der Waals surface area contributed by atoms with Crippen LogP contribution in [0.25, 0.3) is 0 Å². The maximum atomic E-state index is 12.6. The van der Waals surface area contributed by atoms with E-state index in [1.54, 1.807) is 23.6 Å². The SMILES string of the molecule is CC(=O)NC[C@H](c1cccs1)S(=O)(=O)c1cccs1. The molecule has 0 fully saturated rings. The summed E-state index contributed by atoms with van der Waals surface area (Å²) in [7, 11) is -3.46. The van der Waals surface area contributed by atoms with Gasteiger partial charge in [0.25, 0.3) is 0 Å². The van der Waals surface area contributed by atoms with Gasteiger partial charge in [-0.2, -0.15) is 0 Å². The van der Waals surface area contributed by atoms with Crippen molar-refractivity contribution in [2.45, 2.75) is 16.4 Å². The quantitative estimate of drug-likeness (QED) is 0.922. The fourth-order valence-electron chi connectivity index (χ4n) is 1.64. The average Bonchev–Trinajstić information content (AvgIpc) is 3.02. The van der Waals surface area contributed by atoms with Gasteiger partial charge in [-0.1, -0.05) is 12.1 Å². The topological polar surface area (TPSA) is 63.2 Å². The number of thiophene rings is 2. The number of hydrogen-bond donors (Lipinski definition) is 1. The number of sulfone groups is 1. The van der Waals surface area contributed by atoms with E-state index in [9.17, 15) is 13.2 Å². The van der Waals surface area contributed by atoms with Crippen LogP contribution in [0, 0.1) is 0 Å². The van der Waals surface area contributed by atoms with E-state index in [4.69, 9.17) is 0 Å². The van der Waals surface area contributed by atoms with Gasteiger partial charge in [-0.3, -0.25) is 4.79 Å². The second kappa shape index (κ2) is 5.85. The maximum Gasteiger partial charge on any atom is 0.216 e. The summed E-state index contributed by atoms with van der Waals surface area (Å²) in [6.07, 6.45) is 0. The summed E-state index contributed by atoms with van der Waals surface area (Å²) in [6, 6.07) is 6.89. The zero-order valence-corrected chi connectivity index (χ0v) is 12.6. The van der Waals surface area contributed by atoms with Gasteiger partial charge in [0.2, 0.25) is 5.91 Å². The molecule has 0 aliphatic rings. The lowest BCUT2D eigenvalue weighted by Crippen LogP contribution is -2.29. The third-order valence-electron chi connectivity index (χ3n) is 2.55. The van der Waals surface area contributed by atoms with Crippen LogP contribution in [0.3, 0.4) is 0 Å². The number of rotatable bonds is 5. The molecule has 2 aromatic heterocycles. The second-order valence-corrected chi connectivity index (χ2v) is 8.20. The molecule has 2 aromatic rings. The van der Waals surface area contributed by atoms with Crippen molar-refractivity contribution in [2.24, 2.45) is 0 Å². The normalized spacial score (nSPS) is 13.1. The van der Waals surface area contributed by atoms with E-state index >= 15 is 0 Å². The van der Waals surface area contributed by atoms with E-state index in [-0.39, 0.29) is 12.5 Å². The molecule has 1 N–H and O–H groups in total. The van der Waals surface area contributed by atoms with Gasteiger partial charge in [0, 0.05) is 18.3 Å². The highest BCUT2D eigenvalue weighted by Crippen LogP contribution is 2.33. The first-order valence-electron chi connectivity index (χ1n) is 5.57. The molecule has 7 heteroatoms. The molecule has 0 spiro atoms. The van der Waals surface area contributed by atoms with Gasteiger partial charge in [0.15, 0.2) is 9.84 Å². The van der Waals surface area contributed by atoms with Crippen molar-refractivity contribution in [1.82, 2.24) is 5.32 Å². The highest BCUT2D eigenvalue weighted by Gasteiger charge is 2.30. The van der Waals surface area contributed by atoms with Crippen molar-refractivity contribution in [1.29, 1.82) is 0 Å². The van der Waals surface area contributed by atoms with Crippen LogP contribution in [0.4, 0.5) is 0 Å². The van der Waals surface area contributed by atoms with Crippen molar-refractivity contribution < 1.29 is 13.2 Å². The van der Waals surface area contributed by atoms with Crippen LogP contribution < -0.4 is 5.32 Å². The summed E-state index contributed by atoms with van der Waals surface area (Å²) in [4.78, 5) is 11.8. The summed E-state index contributed by atoms with van der Waals surface area (Å²) >= 11 is 2.57. The Labute approximate surface area is 120 Å². The van der Waals surface area contributed by atoms with Gasteiger partial charge in [-0.25, -0.2) is 8.42 Å². The molecule has 0 bridgehead atoms. The van der Waals surface area contributed by atoms with Crippen LogP contribution in [0.1, 0.15) is 17.1 Å². The van der Waals surface area contributed by atoms with Gasteiger partial charge in [-0.15, -0.1) is 22.7 Å². The molecule has 0 saturated heterocycles. The molecule has 19 heavy (non-hydrogen) atoms. The fraction of sp³-hybridized carbons (Fsp3) is 0.250. The molecule has 0 aliphatic heterocycles. The first kappa shape index (κ1) is 14.2. The van der Waals surface area contributed by atoms with Crippen molar-refractivity contribution >= 4 is 38.4 Å². The van der Waals surface area contributed by atoms with Crippen molar-refractivity contribution in [2.75, 3.05) is 6.54 Å². The Morgan fingerprint density at radius 3 is 2.47 bits per heavy atom. The molecule has 1 atom stereocenters. The van der Waals surface area contributed by atoms with Crippen LogP contribution in [0.2, 0.25) is 0 Å². The Bertz CT molecular complexity index is 630. The number of carbonyl (C=O) groups excluding carboxylic acids is 1. The third kappa shape index (κ3) is 3.23. The van der Waals surface area contributed by atoms with Gasteiger partial charge in [0.05, 0.1) is 0 Å². The highest BCUT2D eigenvalue weighted by molar-refractivity contribution is 7.93. The molecular formula is C12H13NO3S3. The second-order valence-electron chi connectivity index (χ2n) is 3.92. The molecule has 2 heterocycles. The molecule has 0 radical (unpaired) electrons. The molecule has 1 amide bonds. The highest BCUT2D eigenvalue weighted by atomic mass is 32.2. The number of carbonyl (C=O) groups is 1. The molecule has 102 valence electrons. The van der Waals surface area contributed by atoms with Gasteiger partial charge >= 0.3 is 0 Å². The number of amides is 1. The molecule has 0 aromatic carbocycles. The minimum absolute atomic E-state index is 0.0933. The van der Waals surface area contributed by atoms with Gasteiger partial charge in [0.1, 0.15) is 9.46 Å². The standard InChI is InChI=1S/C12H13NO3S3/c1-9(14)13-8-11(10-4-2-6-17-10)19(15,16)12-5-3-7-18-12/h2-7,11H,8H2,1H3,(H,13,14)/t11-/m1/s1. The third-order valence-corrected chi connectivity index (χ3v) is 7.20. The van der Waals surface area contributed by atoms with Crippen molar-refractivity contribution in [3.63, 3.8) is 0 Å². The Morgan fingerprint density at radius 2 is 1.95 bits per heavy atom. The summed E-state index contributed by atoms with van der Waals surface area (Å²) < 4.78 is 25.5. The lowest BCUT2D eigenvalue weighted by molar-refractivity contribution is -0.118. The van der Waals surface area contributed by atoms with Crippen molar-refractivity contribution in [3.8, 4) is 0 Å². The zero-order chi connectivity index (χ0) is 13.9. The molecule has 0 saturated carbocycles. The van der Waals surface area contributed by atoms with E-state index in [2.05, 4.69) is 5.32 Å². The summed E-state index contributed by atoms with van der Waals surface area (Å²) in [6.45, 7) is 1.47. The first-order chi connectivity index (χ1) is 9.01. The lowest BCUT2D eigenvalue weighted by atomic mass is 10.3. The summed E-state index contributed by atoms with van der Waals surface area (Å²) in [5, 5.41) is 5.43. The summed E-state index contributed by atoms with van der Waals surface area (Å²) in [5.41, 5.74) is 0. The van der Waals surface area contributed by atoms with E-state index < -0.39 is 15.1 Å². The fourth-order valence-corrected chi connectivity index (χ4v) is 5.63. The Morgan fingerprint density at radius 1 is 1.26 bits per heavy atom. The zero-order valence-electron chi connectivity index (χ0n) is 10.2. The predicted octanol–water partition coefficient (Wildman–Crippen LogP) is 2.46. The predicted molar refractivity (Wildman–Crippen MR) is 77.2 cm³/mol. The average molecular weight is 315 g/mol. The van der Waals surface area contributed by atoms with Crippen LogP contribution in [0.15, 0.2) is 39.2 Å². The van der Waals surface area contributed by atoms with Crippen molar-refractivity contribution in [3.05, 3.63) is 39.9 Å². The summed E-state index contributed by atoms with van der Waals surface area (Å²) in [5.74, 6) is -0.233. The lowest BCUT2D eigenvalue weighted by Gasteiger charge is -2.15. The number of nitrogens with one attached hydrogen (secondary N) is 1. The molecule has 0 unspecified atom stereocenters. The molecule has 0 aliphatic carbocycles. The van der Waals surface area contributed by atoms with E-state index in [1.807, 2.05) is 11.4 Å². The number of hydrogen-bond acceptors (Lipinski definition) is 5. The van der Waals surface area contributed by atoms with E-state index in [0.717, 1.165) is 4.88 Å². The Kier molecular flexibility index (Phi) is 4.38. The largest absolute Gasteiger partial charge is 0.355 e. The Balaban J connectivity index is 2.35. The maximum absolute atomic E-state index is 12.6. The van der Waals surface area contributed by atoms with Crippen LogP contribution in [-0.4, -0.2) is 20.9 Å². The van der Waals surface area contributed by atoms with Gasteiger partial charge in [-0.05, 0) is 22.9 Å². The minimum atomic E-state index is -3.46. The monoisotopic (exact) mass is 315 g/mol. The van der Waals surface area contributed by atoms with E-state index in [1.165, 1.54) is 29.6 Å². The van der Waals surface area contributed by atoms with E-state index in [0.29, 0.717) is 4.21 Å². The minimum Gasteiger partial charge on any atom is -0.355 e. The van der Waals surface area contributed by atoms with Crippen LogP contribution >= 0.6 is 22.7 Å². The molecular weight excluding hydrogens is 302 g/mol. The van der Waals surface area contributed by atoms with Crippen LogP contribution in [-0.2, 0) is 14.6 Å². The first-order valence-corrected chi connectivity index (χ1v) is 8.87. The van der Waals surface area contributed by atoms with Crippen LogP contribution in [0.5, 0.6) is 0 Å².